The molecule has 0 aliphatic heterocycles. The van der Waals surface area contributed by atoms with Gasteiger partial charge in [0.15, 0.2) is 0 Å². The van der Waals surface area contributed by atoms with Gasteiger partial charge in [0, 0.05) is 5.22 Å². The Kier molecular flexibility index (Phi) is 4.77. The number of hydrogen-bond donors (Lipinski definition) is 0. The van der Waals surface area contributed by atoms with E-state index in [1.807, 2.05) is 37.3 Å². The molecule has 5 rings (SSSR count). The van der Waals surface area contributed by atoms with Crippen LogP contribution < -0.4 is 10.4 Å². The highest BCUT2D eigenvalue weighted by atomic mass is 19.4. The quantitative estimate of drug-likeness (QED) is 0.295. The zero-order chi connectivity index (χ0) is 25.1. The number of fused-ring (bicyclic) bond motifs is 6. The number of hydrogen-bond acceptors (Lipinski definition) is 2. The molecule has 0 spiro atoms. The van der Waals surface area contributed by atoms with Crippen LogP contribution in [0, 0.1) is 42.7 Å². The Morgan fingerprint density at radius 3 is 1.86 bits per heavy atom. The van der Waals surface area contributed by atoms with Gasteiger partial charge in [0.05, 0.1) is 30.8 Å². The molecule has 0 saturated carbocycles. The first-order valence-corrected chi connectivity index (χ1v) is 10.5. The topological polar surface area (TPSA) is 56.3 Å². The summed E-state index contributed by atoms with van der Waals surface area (Å²) in [6.07, 6.45) is -3.99. The molecule has 0 amide bonds. The van der Waals surface area contributed by atoms with Crippen LogP contribution in [0.25, 0.3) is 43.3 Å². The summed E-state index contributed by atoms with van der Waals surface area (Å²) in [6, 6.07) is 13.1. The molecule has 0 saturated heterocycles. The first kappa shape index (κ1) is 22.0. The zero-order valence-corrected chi connectivity index (χ0v) is 18.3. The van der Waals surface area contributed by atoms with Gasteiger partial charge in [0.1, 0.15) is 0 Å². The standard InChI is InChI=1S/C28H13F3N4/c1-14-4-5-15-9-20-24(22(12-32)34-2)21-10-16-6-7-17(28(29,30)31)11-19(16)26(21)27(23(13-33)35-3)25(20)18(15)8-14/h4-8,11H,9-10H2,1H3/b24-22+,27-23+. The highest BCUT2D eigenvalue weighted by Crippen LogP contribution is 2.42. The Morgan fingerprint density at radius 1 is 0.829 bits per heavy atom. The molecule has 0 fully saturated rings. The Balaban J connectivity index is 2.11. The Hall–Kier alpha value is -4.85. The van der Waals surface area contributed by atoms with E-state index < -0.39 is 11.7 Å². The molecular weight excluding hydrogens is 449 g/mol. The third kappa shape index (κ3) is 3.11. The summed E-state index contributed by atoms with van der Waals surface area (Å²) in [5.74, 6) is 0. The fraction of sp³-hybridized carbons (Fsp3) is 0.143. The number of nitriles is 2. The molecule has 0 N–H and O–H groups in total. The molecule has 35 heavy (non-hydrogen) atoms. The number of aryl methyl sites for hydroxylation is 1. The summed E-state index contributed by atoms with van der Waals surface area (Å²) >= 11 is 0. The Bertz CT molecular complexity index is 1750. The fourth-order valence-electron chi connectivity index (χ4n) is 5.20. The van der Waals surface area contributed by atoms with E-state index in [2.05, 4.69) is 9.69 Å². The summed E-state index contributed by atoms with van der Waals surface area (Å²) in [4.78, 5) is 6.88. The van der Waals surface area contributed by atoms with E-state index in [-0.39, 0.29) is 28.6 Å². The first-order chi connectivity index (χ1) is 16.7. The van der Waals surface area contributed by atoms with Gasteiger partial charge in [0.25, 0.3) is 11.4 Å². The largest absolute Gasteiger partial charge is 0.416 e. The number of alkyl halides is 3. The van der Waals surface area contributed by atoms with E-state index in [0.717, 1.165) is 28.8 Å². The molecule has 3 aromatic rings. The maximum atomic E-state index is 13.6. The molecule has 2 aliphatic rings. The lowest BCUT2D eigenvalue weighted by Gasteiger charge is -2.14. The first-order valence-electron chi connectivity index (χ1n) is 10.5. The molecule has 0 aromatic heterocycles. The molecule has 0 radical (unpaired) electrons. The van der Waals surface area contributed by atoms with Crippen molar-refractivity contribution in [1.82, 2.24) is 0 Å². The third-order valence-corrected chi connectivity index (χ3v) is 6.59. The summed E-state index contributed by atoms with van der Waals surface area (Å²) in [7, 11) is 0. The minimum Gasteiger partial charge on any atom is -0.226 e. The van der Waals surface area contributed by atoms with Crippen LogP contribution in [-0.2, 0) is 19.0 Å². The molecule has 0 unspecified atom stereocenters. The summed E-state index contributed by atoms with van der Waals surface area (Å²) in [6.45, 7) is 17.2. The normalized spacial score (nSPS) is 14.3. The van der Waals surface area contributed by atoms with Gasteiger partial charge in [-0.25, -0.2) is 20.2 Å². The lowest BCUT2D eigenvalue weighted by atomic mass is 9.90. The van der Waals surface area contributed by atoms with Crippen LogP contribution in [-0.4, -0.2) is 0 Å². The minimum atomic E-state index is -4.58. The summed E-state index contributed by atoms with van der Waals surface area (Å²) in [5.41, 5.74) is 4.29. The van der Waals surface area contributed by atoms with Crippen molar-refractivity contribution in [2.45, 2.75) is 25.9 Å². The van der Waals surface area contributed by atoms with Crippen molar-refractivity contribution < 1.29 is 13.2 Å². The van der Waals surface area contributed by atoms with Gasteiger partial charge < -0.3 is 0 Å². The van der Waals surface area contributed by atoms with E-state index >= 15 is 0 Å². The molecule has 166 valence electrons. The van der Waals surface area contributed by atoms with E-state index in [1.165, 1.54) is 6.07 Å². The van der Waals surface area contributed by atoms with Crippen molar-refractivity contribution >= 4 is 11.4 Å². The summed E-state index contributed by atoms with van der Waals surface area (Å²) < 4.78 is 40.8. The number of nitrogens with zero attached hydrogens (tertiary/aromatic N) is 4. The summed E-state index contributed by atoms with van der Waals surface area (Å²) in [5, 5.41) is 20.3. The number of rotatable bonds is 0. The molecule has 7 heteroatoms. The van der Waals surface area contributed by atoms with Crippen LogP contribution in [0.4, 0.5) is 13.2 Å². The fourth-order valence-corrected chi connectivity index (χ4v) is 5.20. The highest BCUT2D eigenvalue weighted by Gasteiger charge is 2.35. The highest BCUT2D eigenvalue weighted by molar-refractivity contribution is 5.93. The molecule has 4 nitrogen and oxygen atoms in total. The van der Waals surface area contributed by atoms with Crippen molar-refractivity contribution in [3.63, 3.8) is 0 Å². The average Bonchev–Trinajstić information content (AvgIpc) is 3.38. The Morgan fingerprint density at radius 2 is 1.34 bits per heavy atom. The van der Waals surface area contributed by atoms with Gasteiger partial charge in [-0.2, -0.15) is 13.2 Å². The lowest BCUT2D eigenvalue weighted by Crippen LogP contribution is -2.25. The number of benzene rings is 3. The van der Waals surface area contributed by atoms with Crippen LogP contribution in [0.5, 0.6) is 0 Å². The maximum Gasteiger partial charge on any atom is 0.416 e. The maximum absolute atomic E-state index is 13.6. The van der Waals surface area contributed by atoms with Crippen molar-refractivity contribution in [2.24, 2.45) is 0 Å². The van der Waals surface area contributed by atoms with Crippen LogP contribution in [0.15, 0.2) is 36.4 Å². The van der Waals surface area contributed by atoms with Crippen LogP contribution in [0.2, 0.25) is 0 Å². The van der Waals surface area contributed by atoms with E-state index in [4.69, 9.17) is 13.1 Å². The Labute approximate surface area is 198 Å². The monoisotopic (exact) mass is 462 g/mol. The predicted molar refractivity (Wildman–Crippen MR) is 123 cm³/mol. The van der Waals surface area contributed by atoms with Gasteiger partial charge in [-0.15, -0.1) is 0 Å². The molecule has 0 atom stereocenters. The van der Waals surface area contributed by atoms with E-state index in [9.17, 15) is 23.7 Å². The van der Waals surface area contributed by atoms with Crippen LogP contribution in [0.1, 0.15) is 33.4 Å². The molecule has 3 aromatic carbocycles. The second kappa shape index (κ2) is 7.59. The molecular formula is C28H13F3N4. The molecule has 2 aliphatic carbocycles. The van der Waals surface area contributed by atoms with Gasteiger partial charge in [-0.1, -0.05) is 29.8 Å². The zero-order valence-electron chi connectivity index (χ0n) is 18.3. The lowest BCUT2D eigenvalue weighted by molar-refractivity contribution is -0.137. The predicted octanol–water partition coefficient (Wildman–Crippen LogP) is 5.26. The van der Waals surface area contributed by atoms with Gasteiger partial charge in [0.2, 0.25) is 0 Å². The van der Waals surface area contributed by atoms with Crippen molar-refractivity contribution in [3.05, 3.63) is 103 Å². The molecule has 0 bridgehead atoms. The SMILES string of the molecule is [C-]#[N+]/C(C#N)=c1\c2c(/c(=C(/C#N)[N+]#[C-])c3c1Cc1ccc(C(F)(F)F)cc1-3)-c1cc(C)ccc1C2. The van der Waals surface area contributed by atoms with Gasteiger partial charge in [-0.05, 0) is 81.6 Å². The second-order valence-corrected chi connectivity index (χ2v) is 8.49. The molecule has 0 heterocycles. The van der Waals surface area contributed by atoms with Gasteiger partial charge in [-0.3, -0.25) is 0 Å². The smallest absolute Gasteiger partial charge is 0.226 e. The van der Waals surface area contributed by atoms with Crippen molar-refractivity contribution in [2.75, 3.05) is 0 Å². The van der Waals surface area contributed by atoms with E-state index in [1.54, 1.807) is 0 Å². The van der Waals surface area contributed by atoms with Crippen LogP contribution in [0.3, 0.4) is 0 Å². The average molecular weight is 462 g/mol. The van der Waals surface area contributed by atoms with Crippen LogP contribution >= 0.6 is 0 Å². The second-order valence-electron chi connectivity index (χ2n) is 8.49. The third-order valence-electron chi connectivity index (χ3n) is 6.59. The van der Waals surface area contributed by atoms with E-state index in [0.29, 0.717) is 39.5 Å². The number of halogens is 3. The van der Waals surface area contributed by atoms with Crippen molar-refractivity contribution in [3.8, 4) is 34.4 Å². The van der Waals surface area contributed by atoms with Crippen molar-refractivity contribution in [1.29, 1.82) is 10.5 Å². The minimum absolute atomic E-state index is 0.154. The van der Waals surface area contributed by atoms with Gasteiger partial charge >= 0.3 is 6.18 Å².